The van der Waals surface area contributed by atoms with Crippen molar-refractivity contribution in [2.24, 2.45) is 29.6 Å². The summed E-state index contributed by atoms with van der Waals surface area (Å²) in [6, 6.07) is 4.14. The number of Topliss-reactive ketones (excluding diaryl/α,β-unsaturated/α-hetero) is 1. The second-order valence-electron chi connectivity index (χ2n) is 16.1. The Morgan fingerprint density at radius 3 is 2.15 bits per heavy atom. The van der Waals surface area contributed by atoms with Crippen molar-refractivity contribution < 1.29 is 32.4 Å². The van der Waals surface area contributed by atoms with Crippen molar-refractivity contribution in [1.82, 2.24) is 30.5 Å². The first-order chi connectivity index (χ1) is 25.6. The number of carbonyl (C=O) groups excluding carboxylic acids is 5. The van der Waals surface area contributed by atoms with Gasteiger partial charge < -0.3 is 26.2 Å². The highest BCUT2D eigenvalue weighted by Crippen LogP contribution is 2.35. The minimum atomic E-state index is -3.81. The molecule has 3 fully saturated rings. The average Bonchev–Trinajstić information content (AvgIpc) is 3.59. The van der Waals surface area contributed by atoms with Crippen molar-refractivity contribution in [3.05, 3.63) is 43.0 Å². The lowest BCUT2D eigenvalue weighted by Crippen LogP contribution is -2.61. The largest absolute Gasteiger partial charge is 0.346 e. The maximum absolute atomic E-state index is 14.7. The number of benzene rings is 1. The van der Waals surface area contributed by atoms with Crippen molar-refractivity contribution in [2.75, 3.05) is 26.7 Å². The second-order valence-corrected chi connectivity index (χ2v) is 18.1. The smallest absolute Gasteiger partial charge is 0.315 e. The van der Waals surface area contributed by atoms with E-state index in [-0.39, 0.29) is 53.5 Å². The SMILES string of the molecule is C=CCNC(=O)C(=O)C(CC1CCC1)NC(=O)[C@@H]1[C@@H](C(C)C)CCN1C(=O)[C@@H](NC(=O)N[C@H](CN(C)S(=O)(=O)c1ccccc1)C(C)C)C1CCCCC1. The van der Waals surface area contributed by atoms with E-state index in [1.165, 1.54) is 29.6 Å². The molecular formula is C40H62N6O7S. The molecule has 13 nitrogen and oxygen atoms in total. The van der Waals surface area contributed by atoms with Crippen LogP contribution in [0.25, 0.3) is 0 Å². The molecule has 0 spiro atoms. The zero-order chi connectivity index (χ0) is 39.6. The summed E-state index contributed by atoms with van der Waals surface area (Å²) in [5, 5.41) is 11.4. The van der Waals surface area contributed by atoms with Gasteiger partial charge in [0.1, 0.15) is 12.1 Å². The van der Waals surface area contributed by atoms with Crippen LogP contribution in [0, 0.1) is 29.6 Å². The lowest BCUT2D eigenvalue weighted by Gasteiger charge is -2.37. The van der Waals surface area contributed by atoms with Gasteiger partial charge in [0.2, 0.25) is 27.6 Å². The third-order valence-corrected chi connectivity index (χ3v) is 13.4. The van der Waals surface area contributed by atoms with E-state index in [2.05, 4.69) is 27.8 Å². The maximum atomic E-state index is 14.7. The van der Waals surface area contributed by atoms with Gasteiger partial charge in [0.15, 0.2) is 0 Å². The molecule has 54 heavy (non-hydrogen) atoms. The van der Waals surface area contributed by atoms with E-state index in [0.717, 1.165) is 51.4 Å². The Morgan fingerprint density at radius 2 is 1.57 bits per heavy atom. The van der Waals surface area contributed by atoms with Crippen LogP contribution >= 0.6 is 0 Å². The van der Waals surface area contributed by atoms with Gasteiger partial charge in [-0.3, -0.25) is 19.2 Å². The molecule has 1 aromatic rings. The summed E-state index contributed by atoms with van der Waals surface area (Å²) >= 11 is 0. The van der Waals surface area contributed by atoms with Gasteiger partial charge in [-0.2, -0.15) is 4.31 Å². The summed E-state index contributed by atoms with van der Waals surface area (Å²) in [6.07, 6.45) is 9.60. The molecule has 1 unspecified atom stereocenters. The highest BCUT2D eigenvalue weighted by molar-refractivity contribution is 7.89. The highest BCUT2D eigenvalue weighted by Gasteiger charge is 2.47. The first-order valence-corrected chi connectivity index (χ1v) is 21.2. The molecule has 4 N–H and O–H groups in total. The molecule has 0 radical (unpaired) electrons. The predicted molar refractivity (Wildman–Crippen MR) is 207 cm³/mol. The Bertz CT molecular complexity index is 1580. The molecule has 3 aliphatic rings. The van der Waals surface area contributed by atoms with Gasteiger partial charge in [-0.1, -0.05) is 90.5 Å². The van der Waals surface area contributed by atoms with Crippen LogP contribution in [-0.4, -0.2) is 98.0 Å². The monoisotopic (exact) mass is 770 g/mol. The molecule has 2 aliphatic carbocycles. The summed E-state index contributed by atoms with van der Waals surface area (Å²) in [4.78, 5) is 70.6. The fourth-order valence-electron chi connectivity index (χ4n) is 8.01. The minimum absolute atomic E-state index is 0.0150. The van der Waals surface area contributed by atoms with E-state index in [1.807, 2.05) is 27.7 Å². The Balaban J connectivity index is 1.54. The Morgan fingerprint density at radius 1 is 0.907 bits per heavy atom. The second kappa shape index (κ2) is 19.7. The lowest BCUT2D eigenvalue weighted by molar-refractivity contribution is -0.144. The summed E-state index contributed by atoms with van der Waals surface area (Å²) in [6.45, 7) is 11.8. The average molecular weight is 771 g/mol. The maximum Gasteiger partial charge on any atom is 0.315 e. The molecule has 1 aliphatic heterocycles. The number of hydrogen-bond donors (Lipinski definition) is 4. The van der Waals surface area contributed by atoms with Gasteiger partial charge >= 0.3 is 6.03 Å². The first kappa shape index (κ1) is 43.0. The normalized spacial score (nSPS) is 21.2. The molecular weight excluding hydrogens is 709 g/mol. The quantitative estimate of drug-likeness (QED) is 0.129. The van der Waals surface area contributed by atoms with E-state index in [0.29, 0.717) is 19.4 Å². The summed E-state index contributed by atoms with van der Waals surface area (Å²) in [7, 11) is -2.33. The summed E-state index contributed by atoms with van der Waals surface area (Å²) in [5.41, 5.74) is 0. The predicted octanol–water partition coefficient (Wildman–Crippen LogP) is 4.00. The number of nitrogens with one attached hydrogen (secondary N) is 4. The molecule has 2 saturated carbocycles. The molecule has 4 rings (SSSR count). The summed E-state index contributed by atoms with van der Waals surface area (Å²) in [5.74, 6) is -2.55. The topological polar surface area (TPSA) is 174 Å². The van der Waals surface area contributed by atoms with Crippen LogP contribution < -0.4 is 21.3 Å². The van der Waals surface area contributed by atoms with Gasteiger partial charge in [0.25, 0.3) is 5.91 Å². The number of nitrogens with zero attached hydrogens (tertiary/aromatic N) is 2. The number of amides is 5. The van der Waals surface area contributed by atoms with Gasteiger partial charge in [0, 0.05) is 32.7 Å². The van der Waals surface area contributed by atoms with Crippen molar-refractivity contribution >= 4 is 39.6 Å². The lowest BCUT2D eigenvalue weighted by atomic mass is 9.80. The van der Waals surface area contributed by atoms with E-state index in [1.54, 1.807) is 23.1 Å². The number of sulfonamides is 1. The molecule has 0 bridgehead atoms. The van der Waals surface area contributed by atoms with Gasteiger partial charge in [-0.05, 0) is 67.4 Å². The van der Waals surface area contributed by atoms with Crippen LogP contribution in [0.3, 0.4) is 0 Å². The van der Waals surface area contributed by atoms with Crippen LogP contribution in [0.15, 0.2) is 47.9 Å². The van der Waals surface area contributed by atoms with Crippen molar-refractivity contribution in [2.45, 2.75) is 121 Å². The van der Waals surface area contributed by atoms with E-state index < -0.39 is 57.8 Å². The number of hydrogen-bond acceptors (Lipinski definition) is 7. The third-order valence-electron chi connectivity index (χ3n) is 11.6. The molecule has 5 atom stereocenters. The van der Waals surface area contributed by atoms with Crippen LogP contribution in [0.5, 0.6) is 0 Å². The first-order valence-electron chi connectivity index (χ1n) is 19.8. The zero-order valence-electron chi connectivity index (χ0n) is 32.7. The van der Waals surface area contributed by atoms with E-state index in [4.69, 9.17) is 0 Å². The Hall–Kier alpha value is -3.78. The number of rotatable bonds is 18. The van der Waals surface area contributed by atoms with Crippen LogP contribution in [0.4, 0.5) is 4.79 Å². The molecule has 1 heterocycles. The van der Waals surface area contributed by atoms with E-state index in [9.17, 15) is 32.4 Å². The molecule has 5 amide bonds. The molecule has 1 aromatic carbocycles. The summed E-state index contributed by atoms with van der Waals surface area (Å²) < 4.78 is 27.8. The standard InChI is InChI=1S/C40H62N6O7S/c1-7-22-41-38(49)36(47)32(24-28-15-14-16-28)42-37(48)35-31(26(2)3)21-23-46(35)39(50)34(29-17-10-8-11-18-29)44-40(51)43-33(27(4)5)25-45(6)54(52,53)30-19-12-9-13-20-30/h7,9,12-13,19-20,26-29,31-35H,1,8,10-11,14-18,21-25H2,2-6H3,(H,41,49)(H,42,48)(H2,43,44,51)/t31-,32?,33-,34+,35+/m1/s1. The Kier molecular flexibility index (Phi) is 15.7. The number of urea groups is 1. The number of ketones is 1. The molecule has 1 saturated heterocycles. The fourth-order valence-corrected chi connectivity index (χ4v) is 9.23. The van der Waals surface area contributed by atoms with Crippen molar-refractivity contribution in [3.63, 3.8) is 0 Å². The third kappa shape index (κ3) is 10.9. The molecule has 300 valence electrons. The van der Waals surface area contributed by atoms with Gasteiger partial charge in [-0.25, -0.2) is 13.2 Å². The number of carbonyl (C=O) groups is 5. The Labute approximate surface area is 321 Å². The van der Waals surface area contributed by atoms with E-state index >= 15 is 0 Å². The number of likely N-dealkylation sites (tertiary alicyclic amines) is 1. The number of likely N-dealkylation sites (N-methyl/N-ethyl adjacent to an activating group) is 1. The minimum Gasteiger partial charge on any atom is -0.346 e. The van der Waals surface area contributed by atoms with Gasteiger partial charge in [0.05, 0.1) is 10.9 Å². The highest BCUT2D eigenvalue weighted by atomic mass is 32.2. The molecule has 0 aromatic heterocycles. The van der Waals surface area contributed by atoms with Crippen LogP contribution in [0.1, 0.15) is 91.9 Å². The van der Waals surface area contributed by atoms with Crippen LogP contribution in [-0.2, 0) is 29.2 Å². The van der Waals surface area contributed by atoms with Gasteiger partial charge in [-0.15, -0.1) is 6.58 Å². The zero-order valence-corrected chi connectivity index (χ0v) is 33.5. The fraction of sp³-hybridized carbons (Fsp3) is 0.675. The van der Waals surface area contributed by atoms with Crippen molar-refractivity contribution in [1.29, 1.82) is 0 Å². The van der Waals surface area contributed by atoms with Crippen LogP contribution in [0.2, 0.25) is 0 Å². The molecule has 14 heteroatoms. The van der Waals surface area contributed by atoms with Crippen molar-refractivity contribution in [3.8, 4) is 0 Å².